The molecule has 2 aromatic rings. The minimum Gasteiger partial charge on any atom is -0.399 e. The van der Waals surface area contributed by atoms with E-state index in [1.165, 1.54) is 0 Å². The lowest BCUT2D eigenvalue weighted by molar-refractivity contribution is -0.132. The molecule has 0 spiro atoms. The van der Waals surface area contributed by atoms with Crippen LogP contribution in [-0.2, 0) is 17.6 Å². The summed E-state index contributed by atoms with van der Waals surface area (Å²) < 4.78 is 2.24. The first-order chi connectivity index (χ1) is 11.2. The molecule has 1 unspecified atom stereocenters. The van der Waals surface area contributed by atoms with Crippen LogP contribution in [0.15, 0.2) is 36.7 Å². The number of rotatable bonds is 4. The van der Waals surface area contributed by atoms with Crippen LogP contribution >= 0.6 is 24.8 Å². The van der Waals surface area contributed by atoms with Gasteiger partial charge in [0.1, 0.15) is 5.82 Å². The summed E-state index contributed by atoms with van der Waals surface area (Å²) in [7, 11) is 0. The maximum Gasteiger partial charge on any atom is 0.227 e. The average Bonchev–Trinajstić information content (AvgIpc) is 3.06. The van der Waals surface area contributed by atoms with Gasteiger partial charge in [-0.15, -0.1) is 24.8 Å². The van der Waals surface area contributed by atoms with E-state index in [1.54, 1.807) is 0 Å². The second-order valence-electron chi connectivity index (χ2n) is 6.16. The van der Waals surface area contributed by atoms with Crippen molar-refractivity contribution >= 4 is 36.4 Å². The van der Waals surface area contributed by atoms with Crippen LogP contribution in [0.4, 0.5) is 5.69 Å². The third kappa shape index (κ3) is 5.13. The van der Waals surface area contributed by atoms with E-state index in [1.807, 2.05) is 41.6 Å². The maximum absolute atomic E-state index is 12.6. The second-order valence-corrected chi connectivity index (χ2v) is 6.16. The SMILES string of the molecule is CCc1nccn1C1CCCN(C(=O)Cc2ccc(N)cc2)C1.Cl.Cl. The smallest absolute Gasteiger partial charge is 0.227 e. The van der Waals surface area contributed by atoms with E-state index in [2.05, 4.69) is 16.5 Å². The molecule has 0 radical (unpaired) electrons. The quantitative estimate of drug-likeness (QED) is 0.822. The van der Waals surface area contributed by atoms with Crippen LogP contribution in [0.2, 0.25) is 0 Å². The van der Waals surface area contributed by atoms with Gasteiger partial charge in [-0.05, 0) is 30.5 Å². The summed E-state index contributed by atoms with van der Waals surface area (Å²) in [5.41, 5.74) is 7.44. The van der Waals surface area contributed by atoms with Crippen molar-refractivity contribution in [3.8, 4) is 0 Å². The van der Waals surface area contributed by atoms with E-state index in [-0.39, 0.29) is 30.7 Å². The standard InChI is InChI=1S/C18H24N4O.2ClH/c1-2-17-20-9-11-22(17)16-4-3-10-21(13-16)18(23)12-14-5-7-15(19)8-6-14;;/h5-9,11,16H,2-4,10,12-13,19H2,1H3;2*1H. The molecule has 1 saturated heterocycles. The van der Waals surface area contributed by atoms with Gasteiger partial charge in [0.2, 0.25) is 5.91 Å². The number of aryl methyl sites for hydroxylation is 1. The van der Waals surface area contributed by atoms with Crippen molar-refractivity contribution in [2.45, 2.75) is 38.6 Å². The summed E-state index contributed by atoms with van der Waals surface area (Å²) in [6.45, 7) is 3.74. The van der Waals surface area contributed by atoms with E-state index < -0.39 is 0 Å². The van der Waals surface area contributed by atoms with Crippen molar-refractivity contribution in [3.05, 3.63) is 48.0 Å². The number of imidazole rings is 1. The number of piperidine rings is 1. The molecule has 1 atom stereocenters. The summed E-state index contributed by atoms with van der Waals surface area (Å²) in [4.78, 5) is 19.0. The average molecular weight is 385 g/mol. The zero-order chi connectivity index (χ0) is 16.2. The van der Waals surface area contributed by atoms with Gasteiger partial charge < -0.3 is 15.2 Å². The molecular weight excluding hydrogens is 359 g/mol. The topological polar surface area (TPSA) is 64.2 Å². The molecule has 1 fully saturated rings. The Balaban J connectivity index is 0.00000156. The molecule has 0 bridgehead atoms. The predicted octanol–water partition coefficient (Wildman–Crippen LogP) is 3.28. The number of aromatic nitrogens is 2. The van der Waals surface area contributed by atoms with Gasteiger partial charge in [-0.1, -0.05) is 19.1 Å². The Labute approximate surface area is 161 Å². The van der Waals surface area contributed by atoms with Gasteiger partial charge >= 0.3 is 0 Å². The molecule has 2 N–H and O–H groups in total. The van der Waals surface area contributed by atoms with Gasteiger partial charge in [0.15, 0.2) is 0 Å². The van der Waals surface area contributed by atoms with Crippen molar-refractivity contribution in [2.24, 2.45) is 0 Å². The van der Waals surface area contributed by atoms with E-state index in [0.29, 0.717) is 12.5 Å². The fourth-order valence-corrected chi connectivity index (χ4v) is 3.28. The molecule has 1 aliphatic rings. The minimum absolute atomic E-state index is 0. The predicted molar refractivity (Wildman–Crippen MR) is 106 cm³/mol. The third-order valence-corrected chi connectivity index (χ3v) is 4.54. The molecule has 25 heavy (non-hydrogen) atoms. The summed E-state index contributed by atoms with van der Waals surface area (Å²) >= 11 is 0. The summed E-state index contributed by atoms with van der Waals surface area (Å²) in [6, 6.07) is 7.90. The highest BCUT2D eigenvalue weighted by molar-refractivity contribution is 5.85. The number of anilines is 1. The van der Waals surface area contributed by atoms with E-state index >= 15 is 0 Å². The van der Waals surface area contributed by atoms with Crippen molar-refractivity contribution in [1.82, 2.24) is 14.5 Å². The highest BCUT2D eigenvalue weighted by Crippen LogP contribution is 2.23. The third-order valence-electron chi connectivity index (χ3n) is 4.54. The number of nitrogens with two attached hydrogens (primary N) is 1. The van der Waals surface area contributed by atoms with Crippen LogP contribution in [0, 0.1) is 0 Å². The van der Waals surface area contributed by atoms with Gasteiger partial charge in [-0.25, -0.2) is 4.98 Å². The molecule has 1 aromatic carbocycles. The fraction of sp³-hybridized carbons (Fsp3) is 0.444. The van der Waals surface area contributed by atoms with Crippen LogP contribution in [0.25, 0.3) is 0 Å². The number of hydrogen-bond acceptors (Lipinski definition) is 3. The number of nitrogens with zero attached hydrogens (tertiary/aromatic N) is 3. The number of benzene rings is 1. The highest BCUT2D eigenvalue weighted by atomic mass is 35.5. The number of carbonyl (C=O) groups is 1. The van der Waals surface area contributed by atoms with Crippen LogP contribution in [0.3, 0.4) is 0 Å². The Morgan fingerprint density at radius 1 is 1.28 bits per heavy atom. The van der Waals surface area contributed by atoms with Gasteiger partial charge in [0, 0.05) is 37.6 Å². The monoisotopic (exact) mass is 384 g/mol. The van der Waals surface area contributed by atoms with E-state index in [9.17, 15) is 4.79 Å². The van der Waals surface area contributed by atoms with Crippen molar-refractivity contribution in [1.29, 1.82) is 0 Å². The Morgan fingerprint density at radius 3 is 2.68 bits per heavy atom. The molecule has 0 aliphatic carbocycles. The highest BCUT2D eigenvalue weighted by Gasteiger charge is 2.25. The molecule has 1 amide bonds. The Bertz CT molecular complexity index is 672. The van der Waals surface area contributed by atoms with E-state index in [0.717, 1.165) is 49.4 Å². The molecule has 1 aromatic heterocycles. The van der Waals surface area contributed by atoms with Crippen molar-refractivity contribution in [3.63, 3.8) is 0 Å². The number of nitrogen functional groups attached to an aromatic ring is 1. The molecule has 7 heteroatoms. The summed E-state index contributed by atoms with van der Waals surface area (Å²) in [5.74, 6) is 1.29. The normalized spacial score (nSPS) is 16.7. The second kappa shape index (κ2) is 9.68. The number of hydrogen-bond donors (Lipinski definition) is 1. The molecule has 2 heterocycles. The van der Waals surface area contributed by atoms with Gasteiger partial charge in [-0.2, -0.15) is 0 Å². The maximum atomic E-state index is 12.6. The van der Waals surface area contributed by atoms with Crippen LogP contribution in [0.1, 0.15) is 37.2 Å². The Hall–Kier alpha value is -1.72. The first kappa shape index (κ1) is 21.3. The molecule has 5 nitrogen and oxygen atoms in total. The van der Waals surface area contributed by atoms with Crippen molar-refractivity contribution < 1.29 is 4.79 Å². The largest absolute Gasteiger partial charge is 0.399 e. The lowest BCUT2D eigenvalue weighted by Gasteiger charge is -2.34. The first-order valence-corrected chi connectivity index (χ1v) is 8.31. The number of amides is 1. The number of likely N-dealkylation sites (tertiary alicyclic amines) is 1. The number of halogens is 2. The van der Waals surface area contributed by atoms with Crippen LogP contribution in [0.5, 0.6) is 0 Å². The van der Waals surface area contributed by atoms with Crippen molar-refractivity contribution in [2.75, 3.05) is 18.8 Å². The minimum atomic E-state index is 0. The molecule has 0 saturated carbocycles. The number of carbonyl (C=O) groups excluding carboxylic acids is 1. The molecule has 1 aliphatic heterocycles. The first-order valence-electron chi connectivity index (χ1n) is 8.31. The molecule has 138 valence electrons. The van der Waals surface area contributed by atoms with Crippen LogP contribution in [-0.4, -0.2) is 33.4 Å². The fourth-order valence-electron chi connectivity index (χ4n) is 3.28. The van der Waals surface area contributed by atoms with E-state index in [4.69, 9.17) is 5.73 Å². The summed E-state index contributed by atoms with van der Waals surface area (Å²) in [5, 5.41) is 0. The Morgan fingerprint density at radius 2 is 2.00 bits per heavy atom. The van der Waals surface area contributed by atoms with Crippen LogP contribution < -0.4 is 5.73 Å². The summed E-state index contributed by atoms with van der Waals surface area (Å²) in [6.07, 6.45) is 7.40. The van der Waals surface area contributed by atoms with Gasteiger partial charge in [0.25, 0.3) is 0 Å². The lowest BCUT2D eigenvalue weighted by atomic mass is 10.0. The lowest BCUT2D eigenvalue weighted by Crippen LogP contribution is -2.41. The molecular formula is C18H26Cl2N4O. The van der Waals surface area contributed by atoms with Gasteiger partial charge in [-0.3, -0.25) is 4.79 Å². The van der Waals surface area contributed by atoms with Gasteiger partial charge in [0.05, 0.1) is 12.5 Å². The molecule has 3 rings (SSSR count). The zero-order valence-electron chi connectivity index (χ0n) is 14.4. The zero-order valence-corrected chi connectivity index (χ0v) is 16.1. The Kier molecular flexibility index (Phi) is 8.26.